The van der Waals surface area contributed by atoms with Crippen molar-refractivity contribution in [1.29, 1.82) is 0 Å². The zero-order chi connectivity index (χ0) is 22.5. The second-order valence-electron chi connectivity index (χ2n) is 7.34. The average molecular weight is 426 g/mol. The predicted molar refractivity (Wildman–Crippen MR) is 125 cm³/mol. The van der Waals surface area contributed by atoms with Crippen molar-refractivity contribution in [2.24, 2.45) is 5.10 Å². The van der Waals surface area contributed by atoms with Gasteiger partial charge >= 0.3 is 0 Å². The number of anilines is 3. The molecular weight excluding hydrogens is 404 g/mol. The number of hydrazone groups is 1. The molecule has 0 saturated carbocycles. The van der Waals surface area contributed by atoms with Crippen LogP contribution in [0.3, 0.4) is 0 Å². The number of nitrogens with one attached hydrogen (secondary N) is 2. The molecule has 0 saturated heterocycles. The van der Waals surface area contributed by atoms with E-state index in [4.69, 9.17) is 0 Å². The molecule has 0 radical (unpaired) electrons. The van der Waals surface area contributed by atoms with Crippen LogP contribution >= 0.6 is 0 Å². The Balaban J connectivity index is 1.51. The summed E-state index contributed by atoms with van der Waals surface area (Å²) in [4.78, 5) is 37.7. The number of carbonyl (C=O) groups is 3. The molecule has 0 spiro atoms. The molecule has 0 atom stereocenters. The van der Waals surface area contributed by atoms with Crippen LogP contribution in [0.4, 0.5) is 17.1 Å². The van der Waals surface area contributed by atoms with E-state index in [2.05, 4.69) is 15.7 Å². The summed E-state index contributed by atoms with van der Waals surface area (Å²) in [6, 6.07) is 23.2. The van der Waals surface area contributed by atoms with Gasteiger partial charge in [0, 0.05) is 29.8 Å². The first kappa shape index (κ1) is 21.0. The average Bonchev–Trinajstić information content (AvgIpc) is 2.83. The van der Waals surface area contributed by atoms with E-state index in [0.717, 1.165) is 5.56 Å². The molecule has 0 fully saturated rings. The molecule has 7 heteroatoms. The van der Waals surface area contributed by atoms with E-state index in [0.29, 0.717) is 22.6 Å². The van der Waals surface area contributed by atoms with Crippen molar-refractivity contribution in [3.63, 3.8) is 0 Å². The normalized spacial score (nSPS) is 13.3. The first-order chi connectivity index (χ1) is 15.5. The second-order valence-corrected chi connectivity index (χ2v) is 7.34. The van der Waals surface area contributed by atoms with Crippen molar-refractivity contribution in [3.8, 4) is 0 Å². The van der Waals surface area contributed by atoms with E-state index in [1.807, 2.05) is 31.2 Å². The Bertz CT molecular complexity index is 1190. The lowest BCUT2D eigenvalue weighted by Crippen LogP contribution is -2.36. The number of hydrogen-bond donors (Lipinski definition) is 2. The Morgan fingerprint density at radius 3 is 2.03 bits per heavy atom. The summed E-state index contributed by atoms with van der Waals surface area (Å²) < 4.78 is 0. The summed E-state index contributed by atoms with van der Waals surface area (Å²) in [5, 5.41) is 11.3. The number of hydrogen-bond acceptors (Lipinski definition) is 4. The monoisotopic (exact) mass is 426 g/mol. The van der Waals surface area contributed by atoms with E-state index in [1.54, 1.807) is 54.6 Å². The van der Waals surface area contributed by atoms with Crippen LogP contribution in [0.25, 0.3) is 0 Å². The molecule has 7 nitrogen and oxygen atoms in total. The summed E-state index contributed by atoms with van der Waals surface area (Å²) in [6.45, 7) is 1.82. The van der Waals surface area contributed by atoms with Crippen molar-refractivity contribution < 1.29 is 14.4 Å². The van der Waals surface area contributed by atoms with Gasteiger partial charge in [-0.3, -0.25) is 14.4 Å². The fourth-order valence-corrected chi connectivity index (χ4v) is 3.37. The van der Waals surface area contributed by atoms with E-state index in [-0.39, 0.29) is 36.3 Å². The van der Waals surface area contributed by atoms with Gasteiger partial charge in [-0.25, -0.2) is 5.01 Å². The quantitative estimate of drug-likeness (QED) is 0.635. The number of rotatable bonds is 5. The molecule has 1 aliphatic rings. The largest absolute Gasteiger partial charge is 0.322 e. The maximum absolute atomic E-state index is 12.9. The number of para-hydroxylation sites is 1. The minimum Gasteiger partial charge on any atom is -0.322 e. The highest BCUT2D eigenvalue weighted by atomic mass is 16.2. The van der Waals surface area contributed by atoms with Gasteiger partial charge in [-0.15, -0.1) is 0 Å². The van der Waals surface area contributed by atoms with Gasteiger partial charge in [-0.1, -0.05) is 42.5 Å². The highest BCUT2D eigenvalue weighted by Crippen LogP contribution is 2.25. The molecule has 2 N–H and O–H groups in total. The van der Waals surface area contributed by atoms with Gasteiger partial charge in [0.1, 0.15) is 5.71 Å². The van der Waals surface area contributed by atoms with Crippen molar-refractivity contribution in [2.75, 3.05) is 15.6 Å². The smallest absolute Gasteiger partial charge is 0.271 e. The lowest BCUT2D eigenvalue weighted by atomic mass is 10.1. The number of nitrogens with zero attached hydrogens (tertiary/aromatic N) is 2. The third-order valence-corrected chi connectivity index (χ3v) is 5.16. The Morgan fingerprint density at radius 2 is 1.38 bits per heavy atom. The highest BCUT2D eigenvalue weighted by molar-refractivity contribution is 6.44. The minimum absolute atomic E-state index is 0.158. The Kier molecular flexibility index (Phi) is 6.07. The van der Waals surface area contributed by atoms with Crippen LogP contribution in [0.5, 0.6) is 0 Å². The van der Waals surface area contributed by atoms with E-state index < -0.39 is 0 Å². The standard InChI is InChI=1S/C25H22N4O3/c1-17-20(26-24(31)18-9-4-2-5-10-18)13-8-14-21(17)27-25(32)22-15-16-23(30)29(28-22)19-11-6-3-7-12-19/h2-14H,15-16H2,1H3,(H,26,31)(H,27,32). The van der Waals surface area contributed by atoms with Crippen LogP contribution in [-0.4, -0.2) is 23.4 Å². The van der Waals surface area contributed by atoms with E-state index >= 15 is 0 Å². The number of benzene rings is 3. The highest BCUT2D eigenvalue weighted by Gasteiger charge is 2.26. The second kappa shape index (κ2) is 9.26. The van der Waals surface area contributed by atoms with Gasteiger partial charge in [0.2, 0.25) is 5.91 Å². The van der Waals surface area contributed by atoms with Gasteiger partial charge in [-0.2, -0.15) is 5.10 Å². The maximum atomic E-state index is 12.9. The van der Waals surface area contributed by atoms with Crippen LogP contribution in [-0.2, 0) is 9.59 Å². The van der Waals surface area contributed by atoms with Crippen LogP contribution in [0.2, 0.25) is 0 Å². The minimum atomic E-state index is -0.381. The van der Waals surface area contributed by atoms with Crippen LogP contribution in [0, 0.1) is 6.92 Å². The molecule has 0 aromatic heterocycles. The maximum Gasteiger partial charge on any atom is 0.271 e. The summed E-state index contributed by atoms with van der Waals surface area (Å²) in [6.07, 6.45) is 0.463. The molecule has 160 valence electrons. The first-order valence-corrected chi connectivity index (χ1v) is 10.3. The molecule has 32 heavy (non-hydrogen) atoms. The van der Waals surface area contributed by atoms with Crippen LogP contribution < -0.4 is 15.6 Å². The van der Waals surface area contributed by atoms with Crippen molar-refractivity contribution in [3.05, 3.63) is 90.0 Å². The third-order valence-electron chi connectivity index (χ3n) is 5.16. The molecule has 1 aliphatic heterocycles. The lowest BCUT2D eigenvalue weighted by molar-refractivity contribution is -0.118. The fraction of sp³-hybridized carbons (Fsp3) is 0.120. The zero-order valence-electron chi connectivity index (χ0n) is 17.5. The van der Waals surface area contributed by atoms with E-state index in [1.165, 1.54) is 5.01 Å². The molecule has 3 aromatic carbocycles. The number of amides is 3. The van der Waals surface area contributed by atoms with Gasteiger partial charge in [0.05, 0.1) is 5.69 Å². The molecular formula is C25H22N4O3. The van der Waals surface area contributed by atoms with Crippen LogP contribution in [0.15, 0.2) is 84.0 Å². The number of carbonyl (C=O) groups excluding carboxylic acids is 3. The fourth-order valence-electron chi connectivity index (χ4n) is 3.37. The Hall–Kier alpha value is -4.26. The predicted octanol–water partition coefficient (Wildman–Crippen LogP) is 4.37. The van der Waals surface area contributed by atoms with Gasteiger partial charge in [0.15, 0.2) is 0 Å². The van der Waals surface area contributed by atoms with Crippen LogP contribution in [0.1, 0.15) is 28.8 Å². The van der Waals surface area contributed by atoms with Crippen molar-refractivity contribution in [1.82, 2.24) is 0 Å². The molecule has 0 aliphatic carbocycles. The van der Waals surface area contributed by atoms with Crippen molar-refractivity contribution >= 4 is 40.5 Å². The molecule has 3 amide bonds. The molecule has 3 aromatic rings. The topological polar surface area (TPSA) is 90.9 Å². The molecule has 1 heterocycles. The first-order valence-electron chi connectivity index (χ1n) is 10.3. The van der Waals surface area contributed by atoms with Gasteiger partial charge in [0.25, 0.3) is 11.8 Å². The van der Waals surface area contributed by atoms with E-state index in [9.17, 15) is 14.4 Å². The zero-order valence-corrected chi connectivity index (χ0v) is 17.5. The SMILES string of the molecule is Cc1c(NC(=O)C2=NN(c3ccccc3)C(=O)CC2)cccc1NC(=O)c1ccccc1. The summed E-state index contributed by atoms with van der Waals surface area (Å²) in [7, 11) is 0. The van der Waals surface area contributed by atoms with Crippen molar-refractivity contribution in [2.45, 2.75) is 19.8 Å². The lowest BCUT2D eigenvalue weighted by Gasteiger charge is -2.23. The Morgan fingerprint density at radius 1 is 0.781 bits per heavy atom. The molecule has 0 unspecified atom stereocenters. The summed E-state index contributed by atoms with van der Waals surface area (Å²) in [5.41, 5.74) is 3.31. The summed E-state index contributed by atoms with van der Waals surface area (Å²) >= 11 is 0. The molecule has 4 rings (SSSR count). The van der Waals surface area contributed by atoms with Gasteiger partial charge in [-0.05, 0) is 48.9 Å². The molecule has 0 bridgehead atoms. The third kappa shape index (κ3) is 4.57. The van der Waals surface area contributed by atoms with Gasteiger partial charge < -0.3 is 10.6 Å². The summed E-state index contributed by atoms with van der Waals surface area (Å²) in [5.74, 6) is -0.770. The Labute approximate surface area is 185 Å².